The number of ether oxygens (including phenoxy) is 1. The molecule has 5 heteroatoms. The molecule has 0 bridgehead atoms. The SMILES string of the molecule is CC1C[C@H](O)[C@@]2(C)CC[C@H]3[C@@H](CCC4=CC(=O)CC[C@@]43C)[C@H]12.COc1cc2c(cc1O)CC[C@@H]1[C@@H]2CC[C@]2(C)C(O)CC[C@@H]12. The van der Waals surface area contributed by atoms with E-state index in [9.17, 15) is 20.1 Å². The van der Waals surface area contributed by atoms with Gasteiger partial charge in [0.25, 0.3) is 0 Å². The molecule has 0 spiro atoms. The number of phenols is 1. The fraction of sp³-hybridized carbons (Fsp3) is 0.769. The minimum Gasteiger partial charge on any atom is -0.504 e. The average Bonchev–Trinajstić information content (AvgIpc) is 3.43. The van der Waals surface area contributed by atoms with E-state index in [1.807, 2.05) is 12.1 Å². The molecule has 1 aromatic rings. The summed E-state index contributed by atoms with van der Waals surface area (Å²) in [6.45, 7) is 9.44. The summed E-state index contributed by atoms with van der Waals surface area (Å²) in [6, 6.07) is 3.97. The number of rotatable bonds is 1. The molecule has 5 nitrogen and oxygen atoms in total. The van der Waals surface area contributed by atoms with Crippen molar-refractivity contribution in [2.24, 2.45) is 51.8 Å². The van der Waals surface area contributed by atoms with Gasteiger partial charge in [-0.05, 0) is 164 Å². The van der Waals surface area contributed by atoms with E-state index in [1.165, 1.54) is 48.8 Å². The summed E-state index contributed by atoms with van der Waals surface area (Å²) in [5.74, 6) is 5.90. The van der Waals surface area contributed by atoms with Crippen LogP contribution in [0.4, 0.5) is 0 Å². The quantitative estimate of drug-likeness (QED) is 0.305. The van der Waals surface area contributed by atoms with Crippen LogP contribution in [-0.2, 0) is 11.2 Å². The summed E-state index contributed by atoms with van der Waals surface area (Å²) in [5.41, 5.74) is 4.64. The standard InChI is InChI=1S/C20H30O2.C19H26O3/c1-12-10-17(22)20(3)9-7-16-15(18(12)20)5-4-13-11-14(21)6-8-19(13,16)2;1-19-8-7-12-13(15(19)5-6-18(19)21)4-3-11-9-16(20)17(22-2)10-14(11)12/h11-12,15-18,22H,4-10H2,1-3H3;9-10,12-13,15,18,20-21H,3-8H2,1-2H3/t12?,15-,16+,17+,18+,19+,20-;12-,13+,15-,18?,19-/m10/s1. The van der Waals surface area contributed by atoms with E-state index in [0.717, 1.165) is 63.2 Å². The second kappa shape index (κ2) is 10.9. The summed E-state index contributed by atoms with van der Waals surface area (Å²) < 4.78 is 5.32. The van der Waals surface area contributed by atoms with E-state index in [1.54, 1.807) is 7.11 Å². The fourth-order valence-electron chi connectivity index (χ4n) is 12.8. The van der Waals surface area contributed by atoms with Crippen LogP contribution in [0.1, 0.15) is 122 Å². The molecule has 0 saturated heterocycles. The molecule has 12 atom stereocenters. The highest BCUT2D eigenvalue weighted by Crippen LogP contribution is 2.66. The summed E-state index contributed by atoms with van der Waals surface area (Å²) in [4.78, 5) is 11.8. The van der Waals surface area contributed by atoms with Crippen molar-refractivity contribution in [1.29, 1.82) is 0 Å². The normalized spacial score (nSPS) is 47.0. The first kappa shape index (κ1) is 30.8. The molecule has 5 fully saturated rings. The molecular weight excluding hydrogens is 548 g/mol. The van der Waals surface area contributed by atoms with Crippen molar-refractivity contribution in [3.63, 3.8) is 0 Å². The van der Waals surface area contributed by atoms with Crippen LogP contribution in [0.2, 0.25) is 0 Å². The zero-order chi connectivity index (χ0) is 31.2. The number of hydrogen-bond donors (Lipinski definition) is 3. The van der Waals surface area contributed by atoms with Crippen LogP contribution < -0.4 is 4.74 Å². The highest BCUT2D eigenvalue weighted by molar-refractivity contribution is 5.91. The second-order valence-corrected chi connectivity index (χ2v) is 16.9. The zero-order valence-corrected chi connectivity index (χ0v) is 27.8. The van der Waals surface area contributed by atoms with Gasteiger partial charge >= 0.3 is 0 Å². The van der Waals surface area contributed by atoms with Gasteiger partial charge in [0.2, 0.25) is 0 Å². The highest BCUT2D eigenvalue weighted by atomic mass is 16.5. The second-order valence-electron chi connectivity index (χ2n) is 16.9. The highest BCUT2D eigenvalue weighted by Gasteiger charge is 2.61. The molecule has 242 valence electrons. The Bertz CT molecular complexity index is 1330. The predicted octanol–water partition coefficient (Wildman–Crippen LogP) is 7.74. The third-order valence-electron chi connectivity index (χ3n) is 15.2. The Kier molecular flexibility index (Phi) is 7.60. The summed E-state index contributed by atoms with van der Waals surface area (Å²) >= 11 is 0. The predicted molar refractivity (Wildman–Crippen MR) is 173 cm³/mol. The van der Waals surface area contributed by atoms with Crippen LogP contribution in [0.15, 0.2) is 23.8 Å². The molecule has 0 amide bonds. The van der Waals surface area contributed by atoms with Crippen molar-refractivity contribution >= 4 is 5.78 Å². The number of phenolic OH excluding ortho intramolecular Hbond substituents is 1. The largest absolute Gasteiger partial charge is 0.504 e. The lowest BCUT2D eigenvalue weighted by molar-refractivity contribution is -0.118. The summed E-state index contributed by atoms with van der Waals surface area (Å²) in [5, 5.41) is 31.1. The van der Waals surface area contributed by atoms with Crippen molar-refractivity contribution in [3.8, 4) is 11.5 Å². The first-order valence-corrected chi connectivity index (χ1v) is 17.9. The van der Waals surface area contributed by atoms with Crippen molar-refractivity contribution in [3.05, 3.63) is 34.9 Å². The van der Waals surface area contributed by atoms with E-state index in [2.05, 4.69) is 33.8 Å². The molecule has 0 aromatic heterocycles. The topological polar surface area (TPSA) is 87.0 Å². The first-order chi connectivity index (χ1) is 20.9. The third-order valence-corrected chi connectivity index (χ3v) is 15.2. The molecule has 0 heterocycles. The average molecular weight is 605 g/mol. The molecular formula is C39H56O5. The number of carbonyl (C=O) groups excluding carboxylic acids is 1. The first-order valence-electron chi connectivity index (χ1n) is 17.9. The third kappa shape index (κ3) is 4.48. The molecule has 7 aliphatic carbocycles. The number of aryl methyl sites for hydroxylation is 1. The fourth-order valence-corrected chi connectivity index (χ4v) is 12.8. The minimum atomic E-state index is -0.116. The number of carbonyl (C=O) groups is 1. The number of aliphatic hydroxyl groups is 2. The molecule has 3 N–H and O–H groups in total. The Morgan fingerprint density at radius 3 is 2.34 bits per heavy atom. The van der Waals surface area contributed by atoms with Crippen molar-refractivity contribution in [2.75, 3.05) is 7.11 Å². The molecule has 1 aromatic carbocycles. The Labute approximate surface area is 264 Å². The van der Waals surface area contributed by atoms with Crippen LogP contribution in [0, 0.1) is 51.8 Å². The summed E-state index contributed by atoms with van der Waals surface area (Å²) in [7, 11) is 1.62. The lowest BCUT2D eigenvalue weighted by Crippen LogP contribution is -2.52. The number of aliphatic hydroxyl groups excluding tert-OH is 2. The van der Waals surface area contributed by atoms with E-state index >= 15 is 0 Å². The maximum absolute atomic E-state index is 11.8. The maximum Gasteiger partial charge on any atom is 0.160 e. The smallest absolute Gasteiger partial charge is 0.160 e. The van der Waals surface area contributed by atoms with Gasteiger partial charge in [0.1, 0.15) is 0 Å². The maximum atomic E-state index is 11.8. The van der Waals surface area contributed by atoms with Gasteiger partial charge in [0.15, 0.2) is 17.3 Å². The molecule has 0 radical (unpaired) electrons. The molecule has 2 unspecified atom stereocenters. The van der Waals surface area contributed by atoms with E-state index in [-0.39, 0.29) is 34.2 Å². The number of aromatic hydroxyl groups is 1. The molecule has 7 aliphatic rings. The van der Waals surface area contributed by atoms with Crippen LogP contribution in [0.25, 0.3) is 0 Å². The number of methoxy groups -OCH3 is 1. The van der Waals surface area contributed by atoms with Gasteiger partial charge in [0, 0.05) is 6.42 Å². The minimum absolute atomic E-state index is 0.105. The van der Waals surface area contributed by atoms with Crippen molar-refractivity contribution in [2.45, 2.75) is 129 Å². The van der Waals surface area contributed by atoms with Crippen molar-refractivity contribution in [1.82, 2.24) is 0 Å². The van der Waals surface area contributed by atoms with Gasteiger partial charge in [0.05, 0.1) is 19.3 Å². The van der Waals surface area contributed by atoms with Crippen molar-refractivity contribution < 1.29 is 24.9 Å². The Morgan fingerprint density at radius 2 is 1.57 bits per heavy atom. The van der Waals surface area contributed by atoms with Crippen LogP contribution in [-0.4, -0.2) is 40.4 Å². The molecule has 5 saturated carbocycles. The number of benzene rings is 1. The van der Waals surface area contributed by atoms with Gasteiger partial charge in [-0.3, -0.25) is 4.79 Å². The zero-order valence-electron chi connectivity index (χ0n) is 27.8. The Balaban J connectivity index is 0.000000142. The van der Waals surface area contributed by atoms with Gasteiger partial charge in [-0.2, -0.15) is 0 Å². The Morgan fingerprint density at radius 1 is 0.818 bits per heavy atom. The van der Waals surface area contributed by atoms with Gasteiger partial charge in [-0.1, -0.05) is 33.3 Å². The summed E-state index contributed by atoms with van der Waals surface area (Å²) in [6.07, 6.45) is 15.9. The van der Waals surface area contributed by atoms with Crippen LogP contribution in [0.5, 0.6) is 11.5 Å². The number of allylic oxidation sites excluding steroid dienone is 1. The van der Waals surface area contributed by atoms with E-state index < -0.39 is 0 Å². The number of hydrogen-bond acceptors (Lipinski definition) is 5. The Hall–Kier alpha value is -1.85. The molecule has 0 aliphatic heterocycles. The van der Waals surface area contributed by atoms with E-state index in [4.69, 9.17) is 4.74 Å². The molecule has 8 rings (SSSR count). The van der Waals surface area contributed by atoms with Crippen LogP contribution >= 0.6 is 0 Å². The van der Waals surface area contributed by atoms with Gasteiger partial charge < -0.3 is 20.1 Å². The lowest BCUT2D eigenvalue weighted by Gasteiger charge is -2.58. The number of fused-ring (bicyclic) bond motifs is 10. The van der Waals surface area contributed by atoms with Gasteiger partial charge in [-0.25, -0.2) is 0 Å². The molecule has 44 heavy (non-hydrogen) atoms. The monoisotopic (exact) mass is 604 g/mol. The van der Waals surface area contributed by atoms with Crippen LogP contribution in [0.3, 0.4) is 0 Å². The number of ketones is 1. The van der Waals surface area contributed by atoms with E-state index in [0.29, 0.717) is 41.1 Å². The lowest BCUT2D eigenvalue weighted by atomic mass is 9.46. The van der Waals surface area contributed by atoms with Gasteiger partial charge in [-0.15, -0.1) is 0 Å².